The minimum Gasteiger partial charge on any atom is -0.464 e. The fraction of sp³-hybridized carbons (Fsp3) is 0.400. The van der Waals surface area contributed by atoms with Crippen LogP contribution >= 0.6 is 23.1 Å². The third-order valence-electron chi connectivity index (χ3n) is 3.74. The number of carbonyl (C=O) groups excluding carboxylic acids is 1. The Hall–Kier alpha value is -1.24. The molecule has 1 atom stereocenters. The molecule has 0 aromatic carbocycles. The van der Waals surface area contributed by atoms with E-state index in [4.69, 9.17) is 9.62 Å². The Morgan fingerprint density at radius 3 is 2.95 bits per heavy atom. The maximum absolute atomic E-state index is 11.7. The first-order valence-corrected chi connectivity index (χ1v) is 8.75. The van der Waals surface area contributed by atoms with E-state index in [0.717, 1.165) is 29.2 Å². The van der Waals surface area contributed by atoms with E-state index < -0.39 is 0 Å². The largest absolute Gasteiger partial charge is 0.464 e. The highest BCUT2D eigenvalue weighted by atomic mass is 32.2. The van der Waals surface area contributed by atoms with Crippen LogP contribution < -0.4 is 5.48 Å². The molecule has 0 unspecified atom stereocenters. The zero-order valence-corrected chi connectivity index (χ0v) is 13.1. The van der Waals surface area contributed by atoms with E-state index in [0.29, 0.717) is 6.42 Å². The van der Waals surface area contributed by atoms with Crippen LogP contribution in [0.15, 0.2) is 34.9 Å². The summed E-state index contributed by atoms with van der Waals surface area (Å²) >= 11 is 3.50. The number of furan rings is 1. The first kappa shape index (κ1) is 14.7. The summed E-state index contributed by atoms with van der Waals surface area (Å²) in [5.41, 5.74) is 1.77. The Balaban J connectivity index is 1.91. The number of thioether (sulfide) groups is 1. The van der Waals surface area contributed by atoms with Gasteiger partial charge in [-0.3, -0.25) is 10.0 Å². The van der Waals surface area contributed by atoms with Crippen molar-refractivity contribution in [2.45, 2.75) is 30.4 Å². The molecule has 2 aromatic heterocycles. The van der Waals surface area contributed by atoms with Gasteiger partial charge in [-0.25, -0.2) is 5.48 Å². The number of nitrogens with one attached hydrogen (secondary N) is 1. The zero-order valence-electron chi connectivity index (χ0n) is 11.5. The molecular formula is C15H17NO3S2. The first-order chi connectivity index (χ1) is 10.2. The van der Waals surface area contributed by atoms with Gasteiger partial charge in [0, 0.05) is 11.3 Å². The third-order valence-corrected chi connectivity index (χ3v) is 6.79. The smallest absolute Gasteiger partial charge is 0.245 e. The lowest BCUT2D eigenvalue weighted by Gasteiger charge is -2.35. The summed E-state index contributed by atoms with van der Waals surface area (Å²) in [5.74, 6) is 1.58. The second-order valence-electron chi connectivity index (χ2n) is 5.15. The summed E-state index contributed by atoms with van der Waals surface area (Å²) in [4.78, 5) is 14.0. The van der Waals surface area contributed by atoms with Crippen LogP contribution in [0, 0.1) is 0 Å². The molecule has 0 bridgehead atoms. The van der Waals surface area contributed by atoms with Gasteiger partial charge in [-0.1, -0.05) is 6.42 Å². The van der Waals surface area contributed by atoms with Crippen molar-refractivity contribution in [2.75, 3.05) is 5.75 Å². The van der Waals surface area contributed by atoms with Gasteiger partial charge >= 0.3 is 0 Å². The predicted molar refractivity (Wildman–Crippen MR) is 84.6 cm³/mol. The topological polar surface area (TPSA) is 62.5 Å². The lowest BCUT2D eigenvalue weighted by molar-refractivity contribution is -0.129. The maximum atomic E-state index is 11.7. The van der Waals surface area contributed by atoms with E-state index in [2.05, 4.69) is 6.07 Å². The van der Waals surface area contributed by atoms with Crippen LogP contribution in [0.25, 0.3) is 10.6 Å². The Bertz CT molecular complexity index is 600. The number of hydroxylamine groups is 1. The molecule has 0 saturated carbocycles. The number of hydrogen-bond donors (Lipinski definition) is 2. The van der Waals surface area contributed by atoms with Gasteiger partial charge in [-0.15, -0.1) is 23.1 Å². The van der Waals surface area contributed by atoms with E-state index >= 15 is 0 Å². The molecule has 6 heteroatoms. The number of hydrogen-bond acceptors (Lipinski definition) is 5. The Kier molecular flexibility index (Phi) is 4.37. The van der Waals surface area contributed by atoms with Gasteiger partial charge < -0.3 is 4.42 Å². The highest BCUT2D eigenvalue weighted by Crippen LogP contribution is 2.50. The molecule has 1 aliphatic heterocycles. The van der Waals surface area contributed by atoms with Gasteiger partial charge in [-0.2, -0.15) is 0 Å². The SMILES string of the molecule is O=C(C[C@]1(c2ccc(-c3ccco3)s2)CCCCS1)NO. The zero-order chi connectivity index (χ0) is 14.7. The molecule has 3 heterocycles. The van der Waals surface area contributed by atoms with E-state index in [-0.39, 0.29) is 10.7 Å². The summed E-state index contributed by atoms with van der Waals surface area (Å²) < 4.78 is 5.22. The van der Waals surface area contributed by atoms with Crippen molar-refractivity contribution in [1.82, 2.24) is 5.48 Å². The average molecular weight is 323 g/mol. The first-order valence-electron chi connectivity index (χ1n) is 6.95. The van der Waals surface area contributed by atoms with Crippen LogP contribution in [0.5, 0.6) is 0 Å². The lowest BCUT2D eigenvalue weighted by atomic mass is 9.94. The van der Waals surface area contributed by atoms with Gasteiger partial charge in [0.15, 0.2) is 0 Å². The number of carbonyl (C=O) groups is 1. The quantitative estimate of drug-likeness (QED) is 0.659. The fourth-order valence-electron chi connectivity index (χ4n) is 2.71. The summed E-state index contributed by atoms with van der Waals surface area (Å²) in [6.07, 6.45) is 5.23. The van der Waals surface area contributed by atoms with Crippen molar-refractivity contribution in [1.29, 1.82) is 0 Å². The molecule has 2 N–H and O–H groups in total. The van der Waals surface area contributed by atoms with Crippen LogP contribution in [0.2, 0.25) is 0 Å². The van der Waals surface area contributed by atoms with Crippen molar-refractivity contribution in [3.8, 4) is 10.6 Å². The second-order valence-corrected chi connectivity index (χ2v) is 7.71. The average Bonchev–Trinajstić information content (AvgIpc) is 3.19. The molecular weight excluding hydrogens is 306 g/mol. The van der Waals surface area contributed by atoms with Gasteiger partial charge in [0.25, 0.3) is 0 Å². The van der Waals surface area contributed by atoms with Crippen molar-refractivity contribution in [3.05, 3.63) is 35.4 Å². The molecule has 2 aromatic rings. The summed E-state index contributed by atoms with van der Waals surface area (Å²) in [6, 6.07) is 7.95. The van der Waals surface area contributed by atoms with Gasteiger partial charge in [0.05, 0.1) is 15.9 Å². The predicted octanol–water partition coefficient (Wildman–Crippen LogP) is 4.02. The van der Waals surface area contributed by atoms with Crippen molar-refractivity contribution >= 4 is 29.0 Å². The van der Waals surface area contributed by atoms with Gasteiger partial charge in [0.1, 0.15) is 5.76 Å². The van der Waals surface area contributed by atoms with Gasteiger partial charge in [0.2, 0.25) is 5.91 Å². The second kappa shape index (κ2) is 6.25. The molecule has 0 radical (unpaired) electrons. The van der Waals surface area contributed by atoms with E-state index in [1.807, 2.05) is 30.0 Å². The van der Waals surface area contributed by atoms with E-state index in [1.54, 1.807) is 23.1 Å². The Labute approximate surface area is 131 Å². The van der Waals surface area contributed by atoms with Crippen molar-refractivity contribution < 1.29 is 14.4 Å². The number of thiophene rings is 1. The van der Waals surface area contributed by atoms with E-state index in [9.17, 15) is 4.79 Å². The number of amides is 1. The monoisotopic (exact) mass is 323 g/mol. The van der Waals surface area contributed by atoms with Crippen LogP contribution in [-0.4, -0.2) is 16.9 Å². The maximum Gasteiger partial charge on any atom is 0.245 e. The normalized spacial score (nSPS) is 22.1. The minimum atomic E-state index is -0.322. The molecule has 1 amide bonds. The van der Waals surface area contributed by atoms with Crippen molar-refractivity contribution in [3.63, 3.8) is 0 Å². The van der Waals surface area contributed by atoms with Crippen LogP contribution in [0.3, 0.4) is 0 Å². The molecule has 4 nitrogen and oxygen atoms in total. The van der Waals surface area contributed by atoms with Crippen LogP contribution in [0.1, 0.15) is 30.6 Å². The van der Waals surface area contributed by atoms with Crippen molar-refractivity contribution in [2.24, 2.45) is 0 Å². The molecule has 0 spiro atoms. The summed E-state index contributed by atoms with van der Waals surface area (Å²) in [5, 5.41) is 8.86. The lowest BCUT2D eigenvalue weighted by Crippen LogP contribution is -2.32. The molecule has 0 aliphatic carbocycles. The van der Waals surface area contributed by atoms with Gasteiger partial charge in [-0.05, 0) is 42.9 Å². The fourth-order valence-corrected chi connectivity index (χ4v) is 5.57. The highest BCUT2D eigenvalue weighted by Gasteiger charge is 2.38. The third kappa shape index (κ3) is 3.02. The summed E-state index contributed by atoms with van der Waals surface area (Å²) in [6.45, 7) is 0. The Morgan fingerprint density at radius 1 is 1.38 bits per heavy atom. The molecule has 1 saturated heterocycles. The standard InChI is InChI=1S/C15H17NO3S2/c17-14(16-18)10-15(7-1-2-9-20-15)13-6-5-12(21-13)11-4-3-8-19-11/h3-6,8,18H,1-2,7,9-10H2,(H,16,17)/t15-/m0/s1. The van der Waals surface area contributed by atoms with E-state index in [1.165, 1.54) is 11.3 Å². The Morgan fingerprint density at radius 2 is 2.29 bits per heavy atom. The molecule has 1 aliphatic rings. The highest BCUT2D eigenvalue weighted by molar-refractivity contribution is 8.00. The molecule has 21 heavy (non-hydrogen) atoms. The van der Waals surface area contributed by atoms with Crippen LogP contribution in [0.4, 0.5) is 0 Å². The minimum absolute atomic E-state index is 0.222. The molecule has 112 valence electrons. The molecule has 1 fully saturated rings. The van der Waals surface area contributed by atoms with Crippen LogP contribution in [-0.2, 0) is 9.54 Å². The summed E-state index contributed by atoms with van der Waals surface area (Å²) in [7, 11) is 0. The molecule has 3 rings (SSSR count). The number of rotatable bonds is 4.